The maximum Gasteiger partial charge on any atom is 0.223 e. The van der Waals surface area contributed by atoms with Crippen LogP contribution in [-0.2, 0) is 0 Å². The molecule has 0 saturated heterocycles. The number of rotatable bonds is 3. The molecule has 2 unspecified atom stereocenters. The minimum atomic E-state index is 0.358. The highest BCUT2D eigenvalue weighted by Gasteiger charge is 2.21. The predicted octanol–water partition coefficient (Wildman–Crippen LogP) is 3.43. The van der Waals surface area contributed by atoms with Crippen molar-refractivity contribution >= 4 is 33.3 Å². The maximum atomic E-state index is 5.78. The van der Waals surface area contributed by atoms with Gasteiger partial charge in [-0.2, -0.15) is 4.98 Å². The van der Waals surface area contributed by atoms with Gasteiger partial charge in [-0.25, -0.2) is 4.98 Å². The Morgan fingerprint density at radius 2 is 2.26 bits per heavy atom. The Balaban J connectivity index is 1.80. The molecule has 102 valence electrons. The first-order chi connectivity index (χ1) is 9.11. The monoisotopic (exact) mass is 276 g/mol. The van der Waals surface area contributed by atoms with Gasteiger partial charge in [0.1, 0.15) is 10.6 Å². The van der Waals surface area contributed by atoms with Gasteiger partial charge in [0.05, 0.1) is 5.39 Å². The Bertz CT molecular complexity index is 592. The minimum absolute atomic E-state index is 0.358. The normalized spacial score (nSPS) is 23.1. The summed E-state index contributed by atoms with van der Waals surface area (Å²) in [6, 6.07) is 2.14. The van der Waals surface area contributed by atoms with E-state index in [0.29, 0.717) is 5.95 Å². The second-order valence-corrected chi connectivity index (χ2v) is 6.91. The molecule has 1 fully saturated rings. The second kappa shape index (κ2) is 4.96. The molecule has 1 aliphatic carbocycles. The van der Waals surface area contributed by atoms with Gasteiger partial charge in [0.15, 0.2) is 0 Å². The highest BCUT2D eigenvalue weighted by atomic mass is 32.1. The van der Waals surface area contributed by atoms with Crippen LogP contribution in [0.1, 0.15) is 31.1 Å². The molecule has 2 aromatic rings. The van der Waals surface area contributed by atoms with Crippen molar-refractivity contribution in [1.82, 2.24) is 9.97 Å². The fourth-order valence-corrected chi connectivity index (χ4v) is 3.83. The van der Waals surface area contributed by atoms with Gasteiger partial charge in [-0.05, 0) is 37.7 Å². The average Bonchev–Trinajstić information content (AvgIpc) is 2.91. The highest BCUT2D eigenvalue weighted by molar-refractivity contribution is 7.18. The molecule has 5 heteroatoms. The van der Waals surface area contributed by atoms with Crippen LogP contribution in [0.2, 0.25) is 0 Å². The maximum absolute atomic E-state index is 5.78. The molecule has 4 nitrogen and oxygen atoms in total. The van der Waals surface area contributed by atoms with E-state index in [1.54, 1.807) is 11.3 Å². The van der Waals surface area contributed by atoms with Gasteiger partial charge < -0.3 is 11.1 Å². The Kier molecular flexibility index (Phi) is 3.31. The topological polar surface area (TPSA) is 63.8 Å². The zero-order valence-electron chi connectivity index (χ0n) is 11.4. The van der Waals surface area contributed by atoms with Crippen molar-refractivity contribution in [2.45, 2.75) is 33.1 Å². The number of nitrogen functional groups attached to an aromatic ring is 1. The largest absolute Gasteiger partial charge is 0.369 e. The van der Waals surface area contributed by atoms with Gasteiger partial charge >= 0.3 is 0 Å². The molecule has 2 heterocycles. The summed E-state index contributed by atoms with van der Waals surface area (Å²) in [6.45, 7) is 5.42. The molecule has 0 aliphatic heterocycles. The predicted molar refractivity (Wildman–Crippen MR) is 81.6 cm³/mol. The number of nitrogens with two attached hydrogens (primary N) is 1. The molecular formula is C14H20N4S. The average molecular weight is 276 g/mol. The zero-order chi connectivity index (χ0) is 13.4. The van der Waals surface area contributed by atoms with Crippen molar-refractivity contribution < 1.29 is 0 Å². The Morgan fingerprint density at radius 3 is 3.00 bits per heavy atom. The van der Waals surface area contributed by atoms with Crippen LogP contribution >= 0.6 is 11.3 Å². The number of aromatic nitrogens is 2. The molecule has 0 radical (unpaired) electrons. The molecule has 0 bridgehead atoms. The Labute approximate surface area is 117 Å². The zero-order valence-corrected chi connectivity index (χ0v) is 12.3. The molecule has 2 atom stereocenters. The van der Waals surface area contributed by atoms with Gasteiger partial charge in [0, 0.05) is 11.4 Å². The fraction of sp³-hybridized carbons (Fsp3) is 0.571. The number of hydrogen-bond donors (Lipinski definition) is 2. The van der Waals surface area contributed by atoms with Crippen LogP contribution in [0, 0.1) is 18.8 Å². The van der Waals surface area contributed by atoms with Gasteiger partial charge in [-0.15, -0.1) is 11.3 Å². The molecule has 2 aromatic heterocycles. The van der Waals surface area contributed by atoms with Crippen LogP contribution in [0.15, 0.2) is 6.07 Å². The molecular weight excluding hydrogens is 256 g/mol. The van der Waals surface area contributed by atoms with Crippen molar-refractivity contribution in [3.63, 3.8) is 0 Å². The van der Waals surface area contributed by atoms with E-state index in [-0.39, 0.29) is 0 Å². The van der Waals surface area contributed by atoms with E-state index in [4.69, 9.17) is 5.73 Å². The Morgan fingerprint density at radius 1 is 1.42 bits per heavy atom. The van der Waals surface area contributed by atoms with E-state index in [2.05, 4.69) is 35.2 Å². The molecule has 0 spiro atoms. The lowest BCUT2D eigenvalue weighted by Crippen LogP contribution is -2.13. The molecule has 0 amide bonds. The molecule has 19 heavy (non-hydrogen) atoms. The van der Waals surface area contributed by atoms with E-state index >= 15 is 0 Å². The standard InChI is InChI=1S/C14H20N4S/c1-8-3-4-10(5-8)7-16-12-11-6-9(2)19-13(11)18-14(15)17-12/h6,8,10H,3-5,7H2,1-2H3,(H3,15,16,17,18). The van der Waals surface area contributed by atoms with Crippen molar-refractivity contribution in [3.8, 4) is 0 Å². The fourth-order valence-electron chi connectivity index (χ4n) is 2.94. The van der Waals surface area contributed by atoms with Crippen LogP contribution in [0.5, 0.6) is 0 Å². The number of hydrogen-bond acceptors (Lipinski definition) is 5. The lowest BCUT2D eigenvalue weighted by atomic mass is 10.1. The van der Waals surface area contributed by atoms with Crippen molar-refractivity contribution in [2.75, 3.05) is 17.6 Å². The summed E-state index contributed by atoms with van der Waals surface area (Å²) in [6.07, 6.45) is 3.99. The summed E-state index contributed by atoms with van der Waals surface area (Å²) in [5.41, 5.74) is 5.78. The molecule has 1 saturated carbocycles. The molecule has 3 rings (SSSR count). The lowest BCUT2D eigenvalue weighted by molar-refractivity contribution is 0.537. The molecule has 1 aliphatic rings. The van der Waals surface area contributed by atoms with Crippen molar-refractivity contribution in [2.24, 2.45) is 11.8 Å². The number of fused-ring (bicyclic) bond motifs is 1. The number of aryl methyl sites for hydroxylation is 1. The summed E-state index contributed by atoms with van der Waals surface area (Å²) in [7, 11) is 0. The van der Waals surface area contributed by atoms with Crippen molar-refractivity contribution in [3.05, 3.63) is 10.9 Å². The summed E-state index contributed by atoms with van der Waals surface area (Å²) >= 11 is 1.67. The smallest absolute Gasteiger partial charge is 0.223 e. The van der Waals surface area contributed by atoms with E-state index in [9.17, 15) is 0 Å². The first-order valence-corrected chi connectivity index (χ1v) is 7.71. The third-order valence-electron chi connectivity index (χ3n) is 3.89. The summed E-state index contributed by atoms with van der Waals surface area (Å²) in [5.74, 6) is 2.88. The van der Waals surface area contributed by atoms with E-state index in [1.807, 2.05) is 0 Å². The Hall–Kier alpha value is -1.36. The molecule has 3 N–H and O–H groups in total. The first-order valence-electron chi connectivity index (χ1n) is 6.89. The number of thiophene rings is 1. The van der Waals surface area contributed by atoms with E-state index < -0.39 is 0 Å². The van der Waals surface area contributed by atoms with Crippen LogP contribution in [0.3, 0.4) is 0 Å². The van der Waals surface area contributed by atoms with E-state index in [1.165, 1.54) is 24.1 Å². The number of anilines is 2. The minimum Gasteiger partial charge on any atom is -0.369 e. The number of nitrogens with one attached hydrogen (secondary N) is 1. The third-order valence-corrected chi connectivity index (χ3v) is 4.84. The lowest BCUT2D eigenvalue weighted by Gasteiger charge is -2.12. The number of nitrogens with zero attached hydrogens (tertiary/aromatic N) is 2. The SMILES string of the molecule is Cc1cc2c(NCC3CCC(C)C3)nc(N)nc2s1. The summed E-state index contributed by atoms with van der Waals surface area (Å²) < 4.78 is 0. The third kappa shape index (κ3) is 2.66. The summed E-state index contributed by atoms with van der Waals surface area (Å²) in [4.78, 5) is 10.9. The van der Waals surface area contributed by atoms with Crippen LogP contribution in [0.4, 0.5) is 11.8 Å². The second-order valence-electron chi connectivity index (χ2n) is 5.67. The van der Waals surface area contributed by atoms with Gasteiger partial charge in [-0.3, -0.25) is 0 Å². The van der Waals surface area contributed by atoms with Crippen molar-refractivity contribution in [1.29, 1.82) is 0 Å². The summed E-state index contributed by atoms with van der Waals surface area (Å²) in [5, 5.41) is 4.58. The first kappa shape index (κ1) is 12.7. The van der Waals surface area contributed by atoms with Crippen LogP contribution in [0.25, 0.3) is 10.2 Å². The highest BCUT2D eigenvalue weighted by Crippen LogP contribution is 2.32. The van der Waals surface area contributed by atoms with Crippen LogP contribution < -0.4 is 11.1 Å². The van der Waals surface area contributed by atoms with Gasteiger partial charge in [0.25, 0.3) is 0 Å². The molecule has 0 aromatic carbocycles. The van der Waals surface area contributed by atoms with Gasteiger partial charge in [0.2, 0.25) is 5.95 Å². The van der Waals surface area contributed by atoms with Gasteiger partial charge in [-0.1, -0.05) is 13.3 Å². The van der Waals surface area contributed by atoms with E-state index in [0.717, 1.165) is 34.4 Å². The van der Waals surface area contributed by atoms with Crippen LogP contribution in [-0.4, -0.2) is 16.5 Å². The quantitative estimate of drug-likeness (QED) is 0.901.